The number of hydrogen-bond acceptors (Lipinski definition) is 1. The summed E-state index contributed by atoms with van der Waals surface area (Å²) in [7, 11) is 0. The van der Waals surface area contributed by atoms with Crippen molar-refractivity contribution in [1.29, 1.82) is 0 Å². The summed E-state index contributed by atoms with van der Waals surface area (Å²) in [6.07, 6.45) is 0. The molecule has 1 aromatic heterocycles. The van der Waals surface area contributed by atoms with Gasteiger partial charge in [0.25, 0.3) is 0 Å². The van der Waals surface area contributed by atoms with Crippen LogP contribution in [0.2, 0.25) is 5.02 Å². The van der Waals surface area contributed by atoms with E-state index in [9.17, 15) is 9.18 Å². The van der Waals surface area contributed by atoms with Crippen LogP contribution >= 0.6 is 11.6 Å². The van der Waals surface area contributed by atoms with E-state index >= 15 is 0 Å². The van der Waals surface area contributed by atoms with Gasteiger partial charge in [0.15, 0.2) is 5.78 Å². The van der Waals surface area contributed by atoms with Crippen molar-refractivity contribution in [3.8, 4) is 0 Å². The van der Waals surface area contributed by atoms with E-state index in [4.69, 9.17) is 11.6 Å². The van der Waals surface area contributed by atoms with Crippen molar-refractivity contribution in [2.24, 2.45) is 0 Å². The second-order valence-corrected chi connectivity index (χ2v) is 3.44. The van der Waals surface area contributed by atoms with Crippen LogP contribution in [0, 0.1) is 5.82 Å². The summed E-state index contributed by atoms with van der Waals surface area (Å²) in [6, 6.07) is 4.18. The minimum Gasteiger partial charge on any atom is -0.351 e. The first kappa shape index (κ1) is 9.21. The van der Waals surface area contributed by atoms with Crippen LogP contribution < -0.4 is 0 Å². The van der Waals surface area contributed by atoms with Crippen LogP contribution in [-0.4, -0.2) is 10.8 Å². The third kappa shape index (κ3) is 1.30. The first-order valence-electron chi connectivity index (χ1n) is 4.07. The zero-order valence-corrected chi connectivity index (χ0v) is 8.15. The van der Waals surface area contributed by atoms with E-state index in [0.29, 0.717) is 16.6 Å². The normalized spacial score (nSPS) is 10.8. The van der Waals surface area contributed by atoms with Gasteiger partial charge in [0.05, 0.1) is 5.02 Å². The molecule has 2 rings (SSSR count). The van der Waals surface area contributed by atoms with Gasteiger partial charge in [-0.05, 0) is 18.2 Å². The Morgan fingerprint density at radius 3 is 2.86 bits per heavy atom. The van der Waals surface area contributed by atoms with Crippen molar-refractivity contribution in [2.75, 3.05) is 0 Å². The Labute approximate surface area is 84.7 Å². The van der Waals surface area contributed by atoms with E-state index in [0.717, 1.165) is 0 Å². The second-order valence-electron chi connectivity index (χ2n) is 3.06. The van der Waals surface area contributed by atoms with Crippen LogP contribution in [0.1, 0.15) is 17.4 Å². The largest absolute Gasteiger partial charge is 0.351 e. The monoisotopic (exact) mass is 211 g/mol. The molecule has 0 amide bonds. The van der Waals surface area contributed by atoms with E-state index < -0.39 is 0 Å². The van der Waals surface area contributed by atoms with Crippen LogP contribution in [0.3, 0.4) is 0 Å². The highest BCUT2D eigenvalue weighted by molar-refractivity contribution is 6.38. The summed E-state index contributed by atoms with van der Waals surface area (Å²) < 4.78 is 12.9. The van der Waals surface area contributed by atoms with Gasteiger partial charge in [-0.25, -0.2) is 4.39 Å². The van der Waals surface area contributed by atoms with Crippen molar-refractivity contribution < 1.29 is 9.18 Å². The van der Waals surface area contributed by atoms with Gasteiger partial charge in [-0.15, -0.1) is 0 Å². The molecule has 0 spiro atoms. The molecule has 0 atom stereocenters. The molecule has 1 heterocycles. The van der Waals surface area contributed by atoms with Crippen LogP contribution in [0.4, 0.5) is 4.39 Å². The molecule has 72 valence electrons. The van der Waals surface area contributed by atoms with Crippen LogP contribution in [0.25, 0.3) is 10.9 Å². The summed E-state index contributed by atoms with van der Waals surface area (Å²) in [5.74, 6) is -0.528. The molecule has 0 saturated carbocycles. The van der Waals surface area contributed by atoms with Crippen LogP contribution in [-0.2, 0) is 0 Å². The number of H-pyrrole nitrogens is 1. The lowest BCUT2D eigenvalue weighted by Gasteiger charge is -1.90. The average molecular weight is 212 g/mol. The highest BCUT2D eigenvalue weighted by Crippen LogP contribution is 2.28. The maximum absolute atomic E-state index is 12.9. The van der Waals surface area contributed by atoms with E-state index in [2.05, 4.69) is 4.98 Å². The zero-order valence-electron chi connectivity index (χ0n) is 7.40. The molecule has 0 aliphatic heterocycles. The fourth-order valence-electron chi connectivity index (χ4n) is 1.37. The molecular weight excluding hydrogens is 205 g/mol. The lowest BCUT2D eigenvalue weighted by atomic mass is 10.2. The minimum absolute atomic E-state index is 0.161. The predicted octanol–water partition coefficient (Wildman–Crippen LogP) is 3.16. The number of carbonyl (C=O) groups excluding carboxylic acids is 1. The zero-order chi connectivity index (χ0) is 10.3. The fraction of sp³-hybridized carbons (Fsp3) is 0.100. The molecule has 1 N–H and O–H groups in total. The van der Waals surface area contributed by atoms with Gasteiger partial charge in [0.1, 0.15) is 11.5 Å². The number of fused-ring (bicyclic) bond motifs is 1. The Morgan fingerprint density at radius 1 is 1.50 bits per heavy atom. The predicted molar refractivity (Wildman–Crippen MR) is 53.3 cm³/mol. The first-order valence-corrected chi connectivity index (χ1v) is 4.45. The highest BCUT2D eigenvalue weighted by Gasteiger charge is 2.12. The molecule has 0 radical (unpaired) electrons. The van der Waals surface area contributed by atoms with Crippen molar-refractivity contribution in [3.63, 3.8) is 0 Å². The number of nitrogens with one attached hydrogen (secondary N) is 1. The Balaban J connectivity index is 2.80. The molecular formula is C10H7ClFNO. The van der Waals surface area contributed by atoms with Crippen LogP contribution in [0.5, 0.6) is 0 Å². The molecule has 0 bridgehead atoms. The van der Waals surface area contributed by atoms with Gasteiger partial charge in [-0.2, -0.15) is 0 Å². The highest BCUT2D eigenvalue weighted by atomic mass is 35.5. The number of rotatable bonds is 1. The lowest BCUT2D eigenvalue weighted by molar-refractivity contribution is 0.101. The smallest absolute Gasteiger partial charge is 0.177 e. The molecule has 0 unspecified atom stereocenters. The Kier molecular flexibility index (Phi) is 2.04. The summed E-state index contributed by atoms with van der Waals surface area (Å²) in [5.41, 5.74) is 0.994. The minimum atomic E-state index is -0.367. The molecule has 4 heteroatoms. The van der Waals surface area contributed by atoms with Gasteiger partial charge in [0.2, 0.25) is 0 Å². The summed E-state index contributed by atoms with van der Waals surface area (Å²) >= 11 is 5.91. The van der Waals surface area contributed by atoms with E-state index in [1.165, 1.54) is 19.1 Å². The molecule has 0 aliphatic rings. The number of carbonyl (C=O) groups is 1. The SMILES string of the molecule is CC(=O)c1[nH]c2ccc(F)cc2c1Cl. The summed E-state index contributed by atoms with van der Waals surface area (Å²) in [6.45, 7) is 1.41. The summed E-state index contributed by atoms with van der Waals surface area (Å²) in [5, 5.41) is 0.823. The number of hydrogen-bond donors (Lipinski definition) is 1. The maximum atomic E-state index is 12.9. The number of ketones is 1. The maximum Gasteiger partial charge on any atom is 0.177 e. The number of Topliss-reactive ketones (excluding diaryl/α,β-unsaturated/α-hetero) is 1. The van der Waals surface area contributed by atoms with Gasteiger partial charge in [-0.1, -0.05) is 11.6 Å². The number of halogens is 2. The van der Waals surface area contributed by atoms with Gasteiger partial charge < -0.3 is 4.98 Å². The van der Waals surface area contributed by atoms with Crippen molar-refractivity contribution >= 4 is 28.3 Å². The third-order valence-electron chi connectivity index (χ3n) is 2.05. The quantitative estimate of drug-likeness (QED) is 0.722. The molecule has 2 nitrogen and oxygen atoms in total. The van der Waals surface area contributed by atoms with Crippen LogP contribution in [0.15, 0.2) is 18.2 Å². The Bertz CT molecular complexity index is 518. The second kappa shape index (κ2) is 3.10. The average Bonchev–Trinajstić information content (AvgIpc) is 2.44. The van der Waals surface area contributed by atoms with E-state index in [1.54, 1.807) is 6.07 Å². The van der Waals surface area contributed by atoms with E-state index in [1.807, 2.05) is 0 Å². The molecule has 0 aliphatic carbocycles. The van der Waals surface area contributed by atoms with E-state index in [-0.39, 0.29) is 16.6 Å². The first-order chi connectivity index (χ1) is 6.59. The number of benzene rings is 1. The molecule has 0 saturated heterocycles. The van der Waals surface area contributed by atoms with Gasteiger partial charge >= 0.3 is 0 Å². The molecule has 2 aromatic rings. The lowest BCUT2D eigenvalue weighted by Crippen LogP contribution is -1.91. The Hall–Kier alpha value is -1.35. The summed E-state index contributed by atoms with van der Waals surface area (Å²) in [4.78, 5) is 14.0. The van der Waals surface area contributed by atoms with Gasteiger partial charge in [0, 0.05) is 17.8 Å². The molecule has 0 fully saturated rings. The third-order valence-corrected chi connectivity index (χ3v) is 2.44. The standard InChI is InChI=1S/C10H7ClFNO/c1-5(14)10-9(11)7-4-6(12)2-3-8(7)13-10/h2-4,13H,1H3. The van der Waals surface area contributed by atoms with Crippen molar-refractivity contribution in [1.82, 2.24) is 4.98 Å². The van der Waals surface area contributed by atoms with Crippen molar-refractivity contribution in [3.05, 3.63) is 34.7 Å². The Morgan fingerprint density at radius 2 is 2.21 bits per heavy atom. The van der Waals surface area contributed by atoms with Gasteiger partial charge in [-0.3, -0.25) is 4.79 Å². The topological polar surface area (TPSA) is 32.9 Å². The fourth-order valence-corrected chi connectivity index (χ4v) is 1.71. The molecule has 14 heavy (non-hydrogen) atoms. The number of aromatic amines is 1. The number of aromatic nitrogens is 1. The van der Waals surface area contributed by atoms with Crippen molar-refractivity contribution in [2.45, 2.75) is 6.92 Å². The molecule has 1 aromatic carbocycles.